The number of carbonyl (C=O) groups is 1. The summed E-state index contributed by atoms with van der Waals surface area (Å²) in [7, 11) is 0. The van der Waals surface area contributed by atoms with Crippen LogP contribution in [-0.4, -0.2) is 23.7 Å². The van der Waals surface area contributed by atoms with Gasteiger partial charge in [0.05, 0.1) is 6.10 Å². The van der Waals surface area contributed by atoms with Gasteiger partial charge in [-0.2, -0.15) is 11.3 Å². The molecule has 0 aliphatic carbocycles. The molecule has 0 aliphatic rings. The number of halogens is 1. The van der Waals surface area contributed by atoms with E-state index in [0.717, 1.165) is 5.56 Å². The highest BCUT2D eigenvalue weighted by Gasteiger charge is 2.12. The number of benzene rings is 1. The highest BCUT2D eigenvalue weighted by Crippen LogP contribution is 2.15. The summed E-state index contributed by atoms with van der Waals surface area (Å²) in [5.41, 5.74) is 1.35. The Morgan fingerprint density at radius 3 is 2.82 bits per heavy atom. The number of aliphatic hydroxyl groups is 1. The molecule has 0 fully saturated rings. The van der Waals surface area contributed by atoms with E-state index in [0.29, 0.717) is 12.0 Å². The van der Waals surface area contributed by atoms with Crippen LogP contribution in [0.15, 0.2) is 41.1 Å². The lowest BCUT2D eigenvalue weighted by molar-refractivity contribution is 0.173. The van der Waals surface area contributed by atoms with Gasteiger partial charge in [0, 0.05) is 12.6 Å². The predicted molar refractivity (Wildman–Crippen MR) is 85.4 cm³/mol. The first-order valence-corrected chi connectivity index (χ1v) is 7.98. The zero-order valence-corrected chi connectivity index (χ0v) is 13.1. The van der Waals surface area contributed by atoms with E-state index in [1.807, 2.05) is 16.8 Å². The normalized spacial score (nSPS) is 13.4. The number of nitrogens with one attached hydrogen (secondary N) is 2. The van der Waals surface area contributed by atoms with Crippen molar-refractivity contribution in [2.75, 3.05) is 6.54 Å². The summed E-state index contributed by atoms with van der Waals surface area (Å²) in [6, 6.07) is 7.73. The van der Waals surface area contributed by atoms with Crippen molar-refractivity contribution in [2.24, 2.45) is 0 Å². The van der Waals surface area contributed by atoms with Crippen molar-refractivity contribution in [3.8, 4) is 0 Å². The third-order valence-electron chi connectivity index (χ3n) is 3.25. The number of rotatable bonds is 6. The van der Waals surface area contributed by atoms with Crippen LogP contribution in [0.25, 0.3) is 0 Å². The number of thiophene rings is 1. The second kappa shape index (κ2) is 7.91. The molecular weight excluding hydrogens is 303 g/mol. The fourth-order valence-electron chi connectivity index (χ4n) is 2.09. The largest absolute Gasteiger partial charge is 0.387 e. The van der Waals surface area contributed by atoms with Crippen LogP contribution in [-0.2, 0) is 6.42 Å². The van der Waals surface area contributed by atoms with Gasteiger partial charge in [-0.05, 0) is 47.4 Å². The molecule has 4 nitrogen and oxygen atoms in total. The van der Waals surface area contributed by atoms with Crippen LogP contribution in [0.4, 0.5) is 9.18 Å². The van der Waals surface area contributed by atoms with Gasteiger partial charge in [0.15, 0.2) is 0 Å². The monoisotopic (exact) mass is 322 g/mol. The Bertz CT molecular complexity index is 604. The number of urea groups is 1. The summed E-state index contributed by atoms with van der Waals surface area (Å²) in [4.78, 5) is 11.8. The van der Waals surface area contributed by atoms with E-state index in [2.05, 4.69) is 10.6 Å². The lowest BCUT2D eigenvalue weighted by Gasteiger charge is -2.16. The van der Waals surface area contributed by atoms with Gasteiger partial charge in [-0.15, -0.1) is 0 Å². The first-order chi connectivity index (χ1) is 10.6. The van der Waals surface area contributed by atoms with Crippen LogP contribution in [0.3, 0.4) is 0 Å². The number of amides is 2. The molecular formula is C16H19FN2O2S. The molecule has 0 radical (unpaired) electrons. The zero-order chi connectivity index (χ0) is 15.9. The highest BCUT2D eigenvalue weighted by atomic mass is 32.1. The van der Waals surface area contributed by atoms with Crippen molar-refractivity contribution < 1.29 is 14.3 Å². The van der Waals surface area contributed by atoms with E-state index in [-0.39, 0.29) is 24.4 Å². The van der Waals surface area contributed by atoms with Crippen molar-refractivity contribution in [3.05, 3.63) is 58.0 Å². The lowest BCUT2D eigenvalue weighted by Crippen LogP contribution is -2.43. The average molecular weight is 322 g/mol. The third-order valence-corrected chi connectivity index (χ3v) is 3.95. The number of hydrogen-bond acceptors (Lipinski definition) is 3. The van der Waals surface area contributed by atoms with Crippen molar-refractivity contribution in [1.29, 1.82) is 0 Å². The van der Waals surface area contributed by atoms with E-state index >= 15 is 0 Å². The van der Waals surface area contributed by atoms with E-state index in [4.69, 9.17) is 0 Å². The van der Waals surface area contributed by atoms with Crippen molar-refractivity contribution in [3.63, 3.8) is 0 Å². The summed E-state index contributed by atoms with van der Waals surface area (Å²) >= 11 is 1.49. The quantitative estimate of drug-likeness (QED) is 0.766. The molecule has 2 atom stereocenters. The fraction of sp³-hybridized carbons (Fsp3) is 0.312. The minimum atomic E-state index is -0.723. The SMILES string of the molecule is C[C@H](Cc1ccccc1F)NC(=O)NC[C@H](O)c1ccsc1. The Labute approximate surface area is 133 Å². The number of aliphatic hydroxyl groups excluding tert-OH is 1. The van der Waals surface area contributed by atoms with Crippen LogP contribution >= 0.6 is 11.3 Å². The molecule has 1 aromatic carbocycles. The first kappa shape index (κ1) is 16.5. The molecule has 2 aromatic rings. The molecule has 2 rings (SSSR count). The second-order valence-electron chi connectivity index (χ2n) is 5.12. The molecule has 1 heterocycles. The summed E-state index contributed by atoms with van der Waals surface area (Å²) < 4.78 is 13.5. The molecule has 0 saturated carbocycles. The highest BCUT2D eigenvalue weighted by molar-refractivity contribution is 7.07. The summed E-state index contributed by atoms with van der Waals surface area (Å²) in [5.74, 6) is -0.274. The molecule has 2 amide bonds. The Kier molecular flexibility index (Phi) is 5.91. The molecule has 6 heteroatoms. The van der Waals surface area contributed by atoms with Crippen LogP contribution in [0.5, 0.6) is 0 Å². The van der Waals surface area contributed by atoms with Crippen molar-refractivity contribution in [2.45, 2.75) is 25.5 Å². The summed E-state index contributed by atoms with van der Waals surface area (Å²) in [5, 5.41) is 18.9. The molecule has 0 saturated heterocycles. The van der Waals surface area contributed by atoms with Crippen molar-refractivity contribution in [1.82, 2.24) is 10.6 Å². The van der Waals surface area contributed by atoms with Crippen LogP contribution in [0.2, 0.25) is 0 Å². The standard InChI is InChI=1S/C16H19FN2O2S/c1-11(8-12-4-2-3-5-14(12)17)19-16(21)18-9-15(20)13-6-7-22-10-13/h2-7,10-11,15,20H,8-9H2,1H3,(H2,18,19,21)/t11-,15+/m1/s1. The lowest BCUT2D eigenvalue weighted by atomic mass is 10.1. The van der Waals surface area contributed by atoms with Crippen LogP contribution in [0, 0.1) is 5.82 Å². The van der Waals surface area contributed by atoms with E-state index in [1.54, 1.807) is 25.1 Å². The Morgan fingerprint density at radius 2 is 2.14 bits per heavy atom. The Balaban J connectivity index is 1.76. The third kappa shape index (κ3) is 4.82. The molecule has 22 heavy (non-hydrogen) atoms. The van der Waals surface area contributed by atoms with Crippen molar-refractivity contribution >= 4 is 17.4 Å². The molecule has 3 N–H and O–H groups in total. The van der Waals surface area contributed by atoms with Crippen LogP contribution < -0.4 is 10.6 Å². The summed E-state index contributed by atoms with van der Waals surface area (Å²) in [6.07, 6.45) is -0.313. The number of hydrogen-bond donors (Lipinski definition) is 3. The molecule has 0 bridgehead atoms. The minimum Gasteiger partial charge on any atom is -0.387 e. The van der Waals surface area contributed by atoms with Crippen LogP contribution in [0.1, 0.15) is 24.2 Å². The van der Waals surface area contributed by atoms with Gasteiger partial charge in [-0.3, -0.25) is 0 Å². The second-order valence-corrected chi connectivity index (χ2v) is 5.90. The first-order valence-electron chi connectivity index (χ1n) is 7.04. The van der Waals surface area contributed by atoms with Gasteiger partial charge in [0.1, 0.15) is 5.82 Å². The predicted octanol–water partition coefficient (Wildman–Crippen LogP) is 2.85. The molecule has 0 unspecified atom stereocenters. The van der Waals surface area contributed by atoms with E-state index in [1.165, 1.54) is 17.4 Å². The minimum absolute atomic E-state index is 0.134. The smallest absolute Gasteiger partial charge is 0.315 e. The topological polar surface area (TPSA) is 61.4 Å². The molecule has 0 spiro atoms. The summed E-state index contributed by atoms with van der Waals surface area (Å²) in [6.45, 7) is 1.94. The molecule has 118 valence electrons. The van der Waals surface area contributed by atoms with Gasteiger partial charge in [0.25, 0.3) is 0 Å². The van der Waals surface area contributed by atoms with Gasteiger partial charge in [-0.25, -0.2) is 9.18 Å². The van der Waals surface area contributed by atoms with E-state index in [9.17, 15) is 14.3 Å². The van der Waals surface area contributed by atoms with Gasteiger partial charge >= 0.3 is 6.03 Å². The maximum atomic E-state index is 13.5. The van der Waals surface area contributed by atoms with Gasteiger partial charge < -0.3 is 15.7 Å². The average Bonchev–Trinajstić information content (AvgIpc) is 3.01. The number of carbonyl (C=O) groups excluding carboxylic acids is 1. The fourth-order valence-corrected chi connectivity index (χ4v) is 2.80. The van der Waals surface area contributed by atoms with Gasteiger partial charge in [-0.1, -0.05) is 18.2 Å². The zero-order valence-electron chi connectivity index (χ0n) is 12.3. The Hall–Kier alpha value is -1.92. The maximum Gasteiger partial charge on any atom is 0.315 e. The Morgan fingerprint density at radius 1 is 1.36 bits per heavy atom. The maximum absolute atomic E-state index is 13.5. The van der Waals surface area contributed by atoms with Gasteiger partial charge in [0.2, 0.25) is 0 Å². The molecule has 1 aromatic heterocycles. The van der Waals surface area contributed by atoms with E-state index < -0.39 is 6.10 Å². The molecule has 0 aliphatic heterocycles.